The molecular weight excluding hydrogens is 196 g/mol. The number of aryl methyl sites for hydroxylation is 1. The predicted octanol–water partition coefficient (Wildman–Crippen LogP) is 0.713. The molecule has 0 fully saturated rings. The molecule has 0 saturated carbocycles. The van der Waals surface area contributed by atoms with Crippen LogP contribution < -0.4 is 4.90 Å². The standard InChI is InChI=1S/C9H6N4O2/c1-5-2-3-6-7(4-5)10-8-9(11-6)13(14)15-12-8/h2-4H,1H3. The van der Waals surface area contributed by atoms with E-state index in [0.29, 0.717) is 11.0 Å². The van der Waals surface area contributed by atoms with Crippen LogP contribution in [0.2, 0.25) is 0 Å². The van der Waals surface area contributed by atoms with Gasteiger partial charge in [-0.15, -0.1) is 0 Å². The molecule has 3 aromatic rings. The molecule has 6 heteroatoms. The van der Waals surface area contributed by atoms with Gasteiger partial charge in [0.1, 0.15) is 5.52 Å². The van der Waals surface area contributed by atoms with E-state index in [4.69, 9.17) is 0 Å². The van der Waals surface area contributed by atoms with Gasteiger partial charge in [-0.25, -0.2) is 4.98 Å². The van der Waals surface area contributed by atoms with Crippen LogP contribution in [0.5, 0.6) is 0 Å². The summed E-state index contributed by atoms with van der Waals surface area (Å²) in [5.74, 6) is 0. The van der Waals surface area contributed by atoms with Gasteiger partial charge >= 0.3 is 11.3 Å². The minimum atomic E-state index is 0.103. The number of fused-ring (bicyclic) bond motifs is 2. The van der Waals surface area contributed by atoms with E-state index in [2.05, 4.69) is 19.8 Å². The summed E-state index contributed by atoms with van der Waals surface area (Å²) in [5, 5.41) is 14.6. The van der Waals surface area contributed by atoms with Crippen LogP contribution in [0, 0.1) is 12.1 Å². The average molecular weight is 202 g/mol. The summed E-state index contributed by atoms with van der Waals surface area (Å²) in [6.45, 7) is 1.96. The zero-order valence-electron chi connectivity index (χ0n) is 7.84. The molecule has 2 heterocycles. The van der Waals surface area contributed by atoms with Gasteiger partial charge in [0.25, 0.3) is 0 Å². The number of hydrogen-bond donors (Lipinski definition) is 0. The van der Waals surface area contributed by atoms with Crippen LogP contribution >= 0.6 is 0 Å². The van der Waals surface area contributed by atoms with Crippen molar-refractivity contribution in [3.63, 3.8) is 0 Å². The minimum absolute atomic E-state index is 0.103. The summed E-state index contributed by atoms with van der Waals surface area (Å²) in [5.41, 5.74) is 2.77. The van der Waals surface area contributed by atoms with Gasteiger partial charge in [-0.3, -0.25) is 0 Å². The van der Waals surface area contributed by atoms with Gasteiger partial charge in [0.15, 0.2) is 5.52 Å². The molecule has 0 amide bonds. The first-order chi connectivity index (χ1) is 7.24. The molecule has 0 aliphatic carbocycles. The van der Waals surface area contributed by atoms with Crippen molar-refractivity contribution in [1.29, 1.82) is 0 Å². The molecule has 74 valence electrons. The molecular formula is C9H6N4O2. The molecule has 0 saturated heterocycles. The molecule has 0 aliphatic rings. The Balaban J connectivity index is 2.49. The highest BCUT2D eigenvalue weighted by Gasteiger charge is 2.14. The quantitative estimate of drug-likeness (QED) is 0.501. The second-order valence-electron chi connectivity index (χ2n) is 3.29. The fraction of sp³-hybridized carbons (Fsp3) is 0.111. The van der Waals surface area contributed by atoms with Gasteiger partial charge in [-0.05, 0) is 29.8 Å². The monoisotopic (exact) mass is 202 g/mol. The Labute approximate surface area is 83.7 Å². The van der Waals surface area contributed by atoms with Crippen molar-refractivity contribution < 1.29 is 9.53 Å². The number of hydrogen-bond acceptors (Lipinski definition) is 5. The van der Waals surface area contributed by atoms with E-state index in [9.17, 15) is 5.21 Å². The second kappa shape index (κ2) is 2.63. The van der Waals surface area contributed by atoms with E-state index in [1.807, 2.05) is 25.1 Å². The van der Waals surface area contributed by atoms with E-state index >= 15 is 0 Å². The Hall–Kier alpha value is -2.24. The highest BCUT2D eigenvalue weighted by atomic mass is 16.8. The van der Waals surface area contributed by atoms with Crippen LogP contribution in [0.3, 0.4) is 0 Å². The van der Waals surface area contributed by atoms with Crippen molar-refractivity contribution in [3.05, 3.63) is 29.0 Å². The van der Waals surface area contributed by atoms with Crippen molar-refractivity contribution in [2.75, 3.05) is 0 Å². The van der Waals surface area contributed by atoms with E-state index < -0.39 is 0 Å². The maximum absolute atomic E-state index is 11.1. The zero-order valence-corrected chi connectivity index (χ0v) is 7.84. The first-order valence-corrected chi connectivity index (χ1v) is 4.38. The van der Waals surface area contributed by atoms with E-state index in [-0.39, 0.29) is 16.2 Å². The van der Waals surface area contributed by atoms with Crippen molar-refractivity contribution >= 4 is 22.3 Å². The topological polar surface area (TPSA) is 78.8 Å². The summed E-state index contributed by atoms with van der Waals surface area (Å²) in [4.78, 5) is 8.53. The molecule has 0 spiro atoms. The Morgan fingerprint density at radius 1 is 1.27 bits per heavy atom. The SMILES string of the molecule is Cc1ccc2nc3c(no[n+]3[O-])nc2c1. The molecule has 3 rings (SSSR count). The molecule has 0 unspecified atom stereocenters. The number of rotatable bonds is 0. The molecule has 0 atom stereocenters. The van der Waals surface area contributed by atoms with Crippen LogP contribution in [0.15, 0.2) is 22.8 Å². The minimum Gasteiger partial charge on any atom is -0.391 e. The molecule has 0 N–H and O–H groups in total. The Bertz CT molecular complexity index is 662. The van der Waals surface area contributed by atoms with Crippen molar-refractivity contribution in [2.24, 2.45) is 0 Å². The lowest BCUT2D eigenvalue weighted by atomic mass is 10.2. The average Bonchev–Trinajstić information content (AvgIpc) is 2.57. The third-order valence-corrected chi connectivity index (χ3v) is 2.16. The summed E-state index contributed by atoms with van der Waals surface area (Å²) in [6.07, 6.45) is 0. The second-order valence-corrected chi connectivity index (χ2v) is 3.29. The van der Waals surface area contributed by atoms with Gasteiger partial charge in [0.05, 0.1) is 0 Å². The van der Waals surface area contributed by atoms with Crippen molar-refractivity contribution in [1.82, 2.24) is 15.1 Å². The van der Waals surface area contributed by atoms with E-state index in [1.165, 1.54) is 0 Å². The first-order valence-electron chi connectivity index (χ1n) is 4.38. The van der Waals surface area contributed by atoms with Crippen LogP contribution in [0.4, 0.5) is 0 Å². The molecule has 0 bridgehead atoms. The molecule has 0 radical (unpaired) electrons. The lowest BCUT2D eigenvalue weighted by Crippen LogP contribution is -2.23. The molecule has 6 nitrogen and oxygen atoms in total. The molecule has 15 heavy (non-hydrogen) atoms. The van der Waals surface area contributed by atoms with Gasteiger partial charge in [-0.1, -0.05) is 16.0 Å². The number of aromatic nitrogens is 4. The van der Waals surface area contributed by atoms with E-state index in [0.717, 1.165) is 5.56 Å². The lowest BCUT2D eigenvalue weighted by molar-refractivity contribution is -0.783. The lowest BCUT2D eigenvalue weighted by Gasteiger charge is -1.93. The number of nitrogens with zero attached hydrogens (tertiary/aromatic N) is 4. The normalized spacial score (nSPS) is 11.3. The third-order valence-electron chi connectivity index (χ3n) is 2.16. The van der Waals surface area contributed by atoms with Crippen LogP contribution in [0.1, 0.15) is 5.56 Å². The van der Waals surface area contributed by atoms with Crippen molar-refractivity contribution in [2.45, 2.75) is 6.92 Å². The maximum Gasteiger partial charge on any atom is 0.362 e. The fourth-order valence-electron chi connectivity index (χ4n) is 1.44. The largest absolute Gasteiger partial charge is 0.391 e. The highest BCUT2D eigenvalue weighted by Crippen LogP contribution is 2.13. The maximum atomic E-state index is 11.1. The Morgan fingerprint density at radius 3 is 3.00 bits per heavy atom. The summed E-state index contributed by atoms with van der Waals surface area (Å²) in [6, 6.07) is 5.60. The third kappa shape index (κ3) is 1.11. The first kappa shape index (κ1) is 8.10. The fourth-order valence-corrected chi connectivity index (χ4v) is 1.44. The van der Waals surface area contributed by atoms with Gasteiger partial charge in [0.2, 0.25) is 0 Å². The van der Waals surface area contributed by atoms with Gasteiger partial charge < -0.3 is 9.84 Å². The summed E-state index contributed by atoms with van der Waals surface area (Å²) < 4.78 is 4.40. The summed E-state index contributed by atoms with van der Waals surface area (Å²) >= 11 is 0. The highest BCUT2D eigenvalue weighted by molar-refractivity contribution is 5.81. The van der Waals surface area contributed by atoms with Crippen LogP contribution in [-0.4, -0.2) is 15.1 Å². The predicted molar refractivity (Wildman–Crippen MR) is 50.8 cm³/mol. The molecule has 0 aliphatic heterocycles. The van der Waals surface area contributed by atoms with Gasteiger partial charge in [0, 0.05) is 0 Å². The Morgan fingerprint density at radius 2 is 2.13 bits per heavy atom. The summed E-state index contributed by atoms with van der Waals surface area (Å²) in [7, 11) is 0. The van der Waals surface area contributed by atoms with Crippen LogP contribution in [-0.2, 0) is 0 Å². The van der Waals surface area contributed by atoms with Gasteiger partial charge in [-0.2, -0.15) is 0 Å². The number of benzene rings is 1. The smallest absolute Gasteiger partial charge is 0.362 e. The van der Waals surface area contributed by atoms with Crippen molar-refractivity contribution in [3.8, 4) is 0 Å². The molecule has 2 aromatic heterocycles. The van der Waals surface area contributed by atoms with E-state index in [1.54, 1.807) is 0 Å². The zero-order chi connectivity index (χ0) is 10.4. The molecule has 1 aromatic carbocycles. The Kier molecular flexibility index (Phi) is 1.42. The van der Waals surface area contributed by atoms with Crippen LogP contribution in [0.25, 0.3) is 22.3 Å².